The quantitative estimate of drug-likeness (QED) is 0.556. The van der Waals surface area contributed by atoms with Crippen molar-refractivity contribution in [2.24, 2.45) is 0 Å². The summed E-state index contributed by atoms with van der Waals surface area (Å²) in [7, 11) is 0. The molecule has 134 valence electrons. The van der Waals surface area contributed by atoms with Crippen molar-refractivity contribution in [3.8, 4) is 28.0 Å². The fraction of sp³-hybridized carbons (Fsp3) is 0.100. The largest absolute Gasteiger partial charge is 0.573 e. The van der Waals surface area contributed by atoms with E-state index in [-0.39, 0.29) is 13.2 Å². The predicted molar refractivity (Wildman–Crippen MR) is 93.9 cm³/mol. The van der Waals surface area contributed by atoms with Gasteiger partial charge in [-0.05, 0) is 29.3 Å². The highest BCUT2D eigenvalue weighted by Crippen LogP contribution is 2.28. The van der Waals surface area contributed by atoms with Gasteiger partial charge in [0.2, 0.25) is 0 Å². The van der Waals surface area contributed by atoms with Gasteiger partial charge in [0.25, 0.3) is 0 Å². The SMILES string of the molecule is C.O=Cc1ccc(-c2cncc(-c3ccc(OC(F)(F)F)cc3)c2)cc1. The Hall–Kier alpha value is -3.15. The second-order valence-corrected chi connectivity index (χ2v) is 5.27. The molecular formula is C20H16F3NO2. The average Bonchev–Trinajstić information content (AvgIpc) is 2.61. The van der Waals surface area contributed by atoms with E-state index in [1.165, 1.54) is 24.3 Å². The highest BCUT2D eigenvalue weighted by atomic mass is 19.4. The Kier molecular flexibility index (Phi) is 5.77. The van der Waals surface area contributed by atoms with E-state index in [1.807, 2.05) is 18.2 Å². The lowest BCUT2D eigenvalue weighted by molar-refractivity contribution is -0.274. The standard InChI is InChI=1S/C19H12F3NO2.CH4/c20-19(21,22)25-18-7-5-15(6-8-18)17-9-16(10-23-11-17)14-3-1-13(12-24)2-4-14;/h1-12H;1H4. The molecule has 0 amide bonds. The van der Waals surface area contributed by atoms with Gasteiger partial charge in [0, 0.05) is 29.1 Å². The average molecular weight is 359 g/mol. The number of nitrogens with zero attached hydrogens (tertiary/aromatic N) is 1. The summed E-state index contributed by atoms with van der Waals surface area (Å²) in [5.74, 6) is -0.273. The van der Waals surface area contributed by atoms with Gasteiger partial charge in [0.05, 0.1) is 0 Å². The minimum Gasteiger partial charge on any atom is -0.406 e. The maximum Gasteiger partial charge on any atom is 0.573 e. The van der Waals surface area contributed by atoms with E-state index in [9.17, 15) is 18.0 Å². The van der Waals surface area contributed by atoms with E-state index in [2.05, 4.69) is 9.72 Å². The van der Waals surface area contributed by atoms with Crippen molar-refractivity contribution in [1.82, 2.24) is 4.98 Å². The van der Waals surface area contributed by atoms with Crippen LogP contribution < -0.4 is 4.74 Å². The molecule has 0 spiro atoms. The van der Waals surface area contributed by atoms with Crippen molar-refractivity contribution < 1.29 is 22.7 Å². The van der Waals surface area contributed by atoms with Gasteiger partial charge in [-0.15, -0.1) is 13.2 Å². The number of alkyl halides is 3. The van der Waals surface area contributed by atoms with E-state index in [4.69, 9.17) is 0 Å². The molecule has 3 nitrogen and oxygen atoms in total. The zero-order chi connectivity index (χ0) is 17.9. The van der Waals surface area contributed by atoms with Crippen molar-refractivity contribution in [1.29, 1.82) is 0 Å². The molecule has 0 aliphatic heterocycles. The van der Waals surface area contributed by atoms with Gasteiger partial charge in [-0.2, -0.15) is 0 Å². The number of rotatable bonds is 4. The Morgan fingerprint density at radius 1 is 0.808 bits per heavy atom. The molecular weight excluding hydrogens is 343 g/mol. The van der Waals surface area contributed by atoms with E-state index in [1.54, 1.807) is 24.5 Å². The van der Waals surface area contributed by atoms with Gasteiger partial charge < -0.3 is 4.74 Å². The molecule has 1 heterocycles. The van der Waals surface area contributed by atoms with E-state index in [0.717, 1.165) is 23.0 Å². The molecule has 0 unspecified atom stereocenters. The molecule has 0 N–H and O–H groups in total. The van der Waals surface area contributed by atoms with Crippen LogP contribution >= 0.6 is 0 Å². The number of aromatic nitrogens is 1. The van der Waals surface area contributed by atoms with Crippen LogP contribution in [-0.4, -0.2) is 17.6 Å². The van der Waals surface area contributed by atoms with E-state index < -0.39 is 6.36 Å². The summed E-state index contributed by atoms with van der Waals surface area (Å²) in [6, 6.07) is 14.5. The molecule has 3 rings (SSSR count). The molecule has 26 heavy (non-hydrogen) atoms. The summed E-state index contributed by atoms with van der Waals surface area (Å²) in [5, 5.41) is 0. The van der Waals surface area contributed by atoms with Gasteiger partial charge in [0.1, 0.15) is 12.0 Å². The number of aldehydes is 1. The minimum atomic E-state index is -4.71. The topological polar surface area (TPSA) is 39.2 Å². The molecule has 6 heteroatoms. The first-order chi connectivity index (χ1) is 11.9. The van der Waals surface area contributed by atoms with Gasteiger partial charge >= 0.3 is 6.36 Å². The van der Waals surface area contributed by atoms with Crippen LogP contribution in [0.1, 0.15) is 17.8 Å². The monoisotopic (exact) mass is 359 g/mol. The van der Waals surface area contributed by atoms with Crippen LogP contribution in [-0.2, 0) is 0 Å². The number of ether oxygens (including phenoxy) is 1. The Morgan fingerprint density at radius 3 is 1.77 bits per heavy atom. The number of hydrogen-bond donors (Lipinski definition) is 0. The summed E-state index contributed by atoms with van der Waals surface area (Å²) < 4.78 is 40.5. The third-order valence-corrected chi connectivity index (χ3v) is 3.54. The number of benzene rings is 2. The Morgan fingerprint density at radius 2 is 1.31 bits per heavy atom. The Bertz CT molecular complexity index is 873. The number of halogens is 3. The van der Waals surface area contributed by atoms with Crippen LogP contribution in [0.3, 0.4) is 0 Å². The van der Waals surface area contributed by atoms with Crippen LogP contribution in [0.4, 0.5) is 13.2 Å². The minimum absolute atomic E-state index is 0. The van der Waals surface area contributed by atoms with Crippen molar-refractivity contribution in [3.05, 3.63) is 72.6 Å². The third-order valence-electron chi connectivity index (χ3n) is 3.54. The highest BCUT2D eigenvalue weighted by molar-refractivity contribution is 5.78. The second kappa shape index (κ2) is 7.82. The van der Waals surface area contributed by atoms with Crippen LogP contribution in [0.25, 0.3) is 22.3 Å². The van der Waals surface area contributed by atoms with Crippen molar-refractivity contribution in [3.63, 3.8) is 0 Å². The number of carbonyl (C=O) groups is 1. The summed E-state index contributed by atoms with van der Waals surface area (Å²) in [6.45, 7) is 0. The lowest BCUT2D eigenvalue weighted by atomic mass is 10.0. The predicted octanol–water partition coefficient (Wildman–Crippen LogP) is 5.76. The lowest BCUT2D eigenvalue weighted by Gasteiger charge is -2.10. The smallest absolute Gasteiger partial charge is 0.406 e. The maximum atomic E-state index is 12.2. The van der Waals surface area contributed by atoms with E-state index >= 15 is 0 Å². The first-order valence-corrected chi connectivity index (χ1v) is 7.31. The normalized spacial score (nSPS) is 10.7. The molecule has 0 saturated carbocycles. The van der Waals surface area contributed by atoms with Crippen LogP contribution in [0.15, 0.2) is 67.0 Å². The summed E-state index contributed by atoms with van der Waals surface area (Å²) in [4.78, 5) is 14.9. The zero-order valence-electron chi connectivity index (χ0n) is 12.8. The van der Waals surface area contributed by atoms with Gasteiger partial charge in [-0.25, -0.2) is 0 Å². The van der Waals surface area contributed by atoms with Gasteiger partial charge in [0.15, 0.2) is 0 Å². The molecule has 0 radical (unpaired) electrons. The molecule has 0 bridgehead atoms. The third kappa shape index (κ3) is 4.69. The van der Waals surface area contributed by atoms with Crippen molar-refractivity contribution in [2.45, 2.75) is 13.8 Å². The molecule has 0 aliphatic carbocycles. The van der Waals surface area contributed by atoms with Gasteiger partial charge in [-0.1, -0.05) is 43.8 Å². The van der Waals surface area contributed by atoms with Crippen LogP contribution in [0, 0.1) is 0 Å². The molecule has 0 aliphatic rings. The molecule has 0 fully saturated rings. The summed E-state index contributed by atoms with van der Waals surface area (Å²) >= 11 is 0. The lowest BCUT2D eigenvalue weighted by Crippen LogP contribution is -2.16. The summed E-state index contributed by atoms with van der Waals surface area (Å²) in [6.07, 6.45) is -0.636. The Balaban J connectivity index is 0.00000243. The molecule has 3 aromatic rings. The van der Waals surface area contributed by atoms with Crippen molar-refractivity contribution >= 4 is 6.29 Å². The van der Waals surface area contributed by atoms with Gasteiger partial charge in [-0.3, -0.25) is 9.78 Å². The molecule has 0 saturated heterocycles. The fourth-order valence-corrected chi connectivity index (χ4v) is 2.36. The zero-order valence-corrected chi connectivity index (χ0v) is 12.8. The summed E-state index contributed by atoms with van der Waals surface area (Å²) in [5.41, 5.74) is 3.78. The maximum absolute atomic E-state index is 12.2. The Labute approximate surface area is 149 Å². The number of pyridine rings is 1. The van der Waals surface area contributed by atoms with E-state index in [0.29, 0.717) is 11.1 Å². The highest BCUT2D eigenvalue weighted by Gasteiger charge is 2.30. The van der Waals surface area contributed by atoms with Crippen molar-refractivity contribution in [2.75, 3.05) is 0 Å². The first-order valence-electron chi connectivity index (χ1n) is 7.31. The second-order valence-electron chi connectivity index (χ2n) is 5.27. The number of hydrogen-bond acceptors (Lipinski definition) is 3. The number of carbonyl (C=O) groups excluding carboxylic acids is 1. The molecule has 2 aromatic carbocycles. The molecule has 0 atom stereocenters. The first kappa shape index (κ1) is 19.2. The fourth-order valence-electron chi connectivity index (χ4n) is 2.36. The van der Waals surface area contributed by atoms with Crippen LogP contribution in [0.2, 0.25) is 0 Å². The van der Waals surface area contributed by atoms with Crippen LogP contribution in [0.5, 0.6) is 5.75 Å². The molecule has 1 aromatic heterocycles.